The molecule has 4 aromatic carbocycles. The van der Waals surface area contributed by atoms with Gasteiger partial charge in [-0.2, -0.15) is 16.8 Å². The predicted octanol–water partition coefficient (Wildman–Crippen LogP) is 4.39. The van der Waals surface area contributed by atoms with Crippen molar-refractivity contribution in [3.63, 3.8) is 0 Å². The predicted molar refractivity (Wildman–Crippen MR) is 161 cm³/mol. The number of amides is 1. The van der Waals surface area contributed by atoms with Crippen LogP contribution in [0.3, 0.4) is 0 Å². The highest BCUT2D eigenvalue weighted by molar-refractivity contribution is 7.86. The SMILES string of the molecule is COc1cc(-c2ccc(OS(C)(=O)=O)cc2)c(OC)c(C(N)=O)c1-c1ccc(OCc2ccccc2)c(OS(C)(=O)=O)c1. The standard InChI is InChI=1S/C30H29NO10S2/c1-37-26-17-23(20-10-13-22(14-11-20)40-42(3,33)34)29(38-2)28(30(31)32)27(26)21-12-15-24(25(16-21)41-43(4,35)36)39-18-19-8-6-5-7-9-19/h5-17H,18H2,1-4H3,(H2,31,32). The van der Waals surface area contributed by atoms with Gasteiger partial charge in [0.1, 0.15) is 23.9 Å². The van der Waals surface area contributed by atoms with E-state index in [1.807, 2.05) is 30.3 Å². The number of rotatable bonds is 12. The summed E-state index contributed by atoms with van der Waals surface area (Å²) in [4.78, 5) is 12.9. The van der Waals surface area contributed by atoms with Gasteiger partial charge in [0.15, 0.2) is 11.5 Å². The Morgan fingerprint density at radius 2 is 1.35 bits per heavy atom. The van der Waals surface area contributed by atoms with Gasteiger partial charge in [-0.05, 0) is 47.0 Å². The zero-order valence-electron chi connectivity index (χ0n) is 23.7. The van der Waals surface area contributed by atoms with E-state index in [0.717, 1.165) is 18.1 Å². The molecule has 0 aliphatic heterocycles. The molecule has 0 aliphatic rings. The lowest BCUT2D eigenvalue weighted by Crippen LogP contribution is -2.15. The van der Waals surface area contributed by atoms with Crippen LogP contribution < -0.4 is 28.3 Å². The molecule has 0 heterocycles. The van der Waals surface area contributed by atoms with Gasteiger partial charge in [-0.1, -0.05) is 48.5 Å². The third kappa shape index (κ3) is 7.76. The van der Waals surface area contributed by atoms with E-state index >= 15 is 0 Å². The second-order valence-electron chi connectivity index (χ2n) is 9.31. The van der Waals surface area contributed by atoms with Gasteiger partial charge in [-0.15, -0.1) is 0 Å². The summed E-state index contributed by atoms with van der Waals surface area (Å²) in [6.07, 6.45) is 1.83. The highest BCUT2D eigenvalue weighted by Gasteiger charge is 2.27. The molecule has 226 valence electrons. The molecule has 0 saturated heterocycles. The van der Waals surface area contributed by atoms with Crippen LogP contribution in [-0.2, 0) is 26.8 Å². The van der Waals surface area contributed by atoms with E-state index in [1.165, 1.54) is 38.5 Å². The topological polar surface area (TPSA) is 158 Å². The minimum Gasteiger partial charge on any atom is -0.496 e. The Morgan fingerprint density at radius 1 is 0.721 bits per heavy atom. The van der Waals surface area contributed by atoms with Gasteiger partial charge in [-0.25, -0.2) is 0 Å². The van der Waals surface area contributed by atoms with Crippen molar-refractivity contribution in [1.82, 2.24) is 0 Å². The van der Waals surface area contributed by atoms with Gasteiger partial charge in [0.2, 0.25) is 0 Å². The molecule has 13 heteroatoms. The van der Waals surface area contributed by atoms with Gasteiger partial charge < -0.3 is 28.3 Å². The number of nitrogens with two attached hydrogens (primary N) is 1. The minimum absolute atomic E-state index is 0.0448. The zero-order valence-corrected chi connectivity index (χ0v) is 25.3. The van der Waals surface area contributed by atoms with Gasteiger partial charge in [0.25, 0.3) is 5.91 Å². The molecule has 0 bridgehead atoms. The van der Waals surface area contributed by atoms with Crippen LogP contribution in [0.1, 0.15) is 15.9 Å². The Hall–Kier alpha value is -4.75. The Bertz CT molecular complexity index is 1860. The van der Waals surface area contributed by atoms with Crippen LogP contribution in [-0.4, -0.2) is 49.5 Å². The summed E-state index contributed by atoms with van der Waals surface area (Å²) in [5.41, 5.74) is 8.18. The largest absolute Gasteiger partial charge is 0.496 e. The first-order valence-electron chi connectivity index (χ1n) is 12.6. The van der Waals surface area contributed by atoms with Crippen molar-refractivity contribution in [2.24, 2.45) is 5.73 Å². The molecule has 43 heavy (non-hydrogen) atoms. The average molecular weight is 628 g/mol. The number of hydrogen-bond acceptors (Lipinski definition) is 10. The van der Waals surface area contributed by atoms with Crippen molar-refractivity contribution in [2.75, 3.05) is 26.7 Å². The number of carbonyl (C=O) groups is 1. The van der Waals surface area contributed by atoms with Crippen LogP contribution >= 0.6 is 0 Å². The molecule has 0 aliphatic carbocycles. The maximum Gasteiger partial charge on any atom is 0.306 e. The van der Waals surface area contributed by atoms with Crippen LogP contribution in [0.2, 0.25) is 0 Å². The maximum atomic E-state index is 12.9. The molecule has 1 amide bonds. The smallest absolute Gasteiger partial charge is 0.306 e. The monoisotopic (exact) mass is 627 g/mol. The summed E-state index contributed by atoms with van der Waals surface area (Å²) in [5, 5.41) is 0. The lowest BCUT2D eigenvalue weighted by atomic mass is 9.91. The van der Waals surface area contributed by atoms with Crippen LogP contribution in [0, 0.1) is 0 Å². The Kier molecular flexibility index (Phi) is 9.16. The minimum atomic E-state index is -3.97. The van der Waals surface area contributed by atoms with E-state index in [-0.39, 0.29) is 46.5 Å². The van der Waals surface area contributed by atoms with Crippen LogP contribution in [0.4, 0.5) is 0 Å². The first kappa shape index (κ1) is 31.2. The van der Waals surface area contributed by atoms with E-state index < -0.39 is 26.1 Å². The summed E-state index contributed by atoms with van der Waals surface area (Å²) in [6.45, 7) is 0.146. The molecule has 0 unspecified atom stereocenters. The van der Waals surface area contributed by atoms with E-state index in [9.17, 15) is 21.6 Å². The Balaban J connectivity index is 1.86. The number of primary amides is 1. The molecule has 0 radical (unpaired) electrons. The molecule has 0 saturated carbocycles. The molecular formula is C30H29NO10S2. The van der Waals surface area contributed by atoms with E-state index in [4.69, 9.17) is 28.3 Å². The summed E-state index contributed by atoms with van der Waals surface area (Å²) in [6, 6.07) is 21.5. The number of ether oxygens (including phenoxy) is 3. The quantitative estimate of drug-likeness (QED) is 0.223. The van der Waals surface area contributed by atoms with Crippen molar-refractivity contribution < 1.29 is 44.2 Å². The van der Waals surface area contributed by atoms with Crippen molar-refractivity contribution in [1.29, 1.82) is 0 Å². The molecular weight excluding hydrogens is 598 g/mol. The highest BCUT2D eigenvalue weighted by atomic mass is 32.2. The zero-order chi connectivity index (χ0) is 31.4. The lowest BCUT2D eigenvalue weighted by Gasteiger charge is -2.20. The van der Waals surface area contributed by atoms with Gasteiger partial charge in [0.05, 0.1) is 32.3 Å². The Morgan fingerprint density at radius 3 is 1.91 bits per heavy atom. The van der Waals surface area contributed by atoms with Crippen LogP contribution in [0.15, 0.2) is 78.9 Å². The third-order valence-electron chi connectivity index (χ3n) is 6.04. The van der Waals surface area contributed by atoms with Crippen LogP contribution in [0.25, 0.3) is 22.3 Å². The fourth-order valence-corrected chi connectivity index (χ4v) is 5.28. The normalized spacial score (nSPS) is 11.4. The van der Waals surface area contributed by atoms with E-state index in [2.05, 4.69) is 0 Å². The van der Waals surface area contributed by atoms with Crippen molar-refractivity contribution in [3.05, 3.63) is 90.0 Å². The van der Waals surface area contributed by atoms with Crippen molar-refractivity contribution in [2.45, 2.75) is 6.61 Å². The van der Waals surface area contributed by atoms with Gasteiger partial charge >= 0.3 is 20.2 Å². The fraction of sp³-hybridized carbons (Fsp3) is 0.167. The van der Waals surface area contributed by atoms with E-state index in [1.54, 1.807) is 24.3 Å². The highest BCUT2D eigenvalue weighted by Crippen LogP contribution is 2.47. The molecule has 0 aromatic heterocycles. The number of carbonyl (C=O) groups excluding carboxylic acids is 1. The Labute approximate surface area is 250 Å². The fourth-order valence-electron chi connectivity index (χ4n) is 4.36. The maximum absolute atomic E-state index is 12.9. The molecule has 0 spiro atoms. The second kappa shape index (κ2) is 12.6. The summed E-state index contributed by atoms with van der Waals surface area (Å²) >= 11 is 0. The van der Waals surface area contributed by atoms with Crippen molar-refractivity contribution >= 4 is 26.1 Å². The van der Waals surface area contributed by atoms with Crippen molar-refractivity contribution in [3.8, 4) is 51.0 Å². The molecule has 11 nitrogen and oxygen atoms in total. The van der Waals surface area contributed by atoms with Gasteiger partial charge in [0, 0.05) is 11.1 Å². The van der Waals surface area contributed by atoms with Gasteiger partial charge in [-0.3, -0.25) is 4.79 Å². The number of hydrogen-bond donors (Lipinski definition) is 1. The van der Waals surface area contributed by atoms with Crippen LogP contribution in [0.5, 0.6) is 28.7 Å². The molecule has 0 atom stereocenters. The molecule has 4 rings (SSSR count). The lowest BCUT2D eigenvalue weighted by molar-refractivity contribution is 0.0997. The summed E-state index contributed by atoms with van der Waals surface area (Å²) in [5.74, 6) is -0.397. The third-order valence-corrected chi connectivity index (χ3v) is 7.02. The number of methoxy groups -OCH3 is 2. The number of benzene rings is 4. The molecule has 0 fully saturated rings. The first-order chi connectivity index (χ1) is 20.3. The molecule has 4 aromatic rings. The summed E-state index contributed by atoms with van der Waals surface area (Å²) < 4.78 is 74.6. The average Bonchev–Trinajstić information content (AvgIpc) is 2.94. The second-order valence-corrected chi connectivity index (χ2v) is 12.5. The summed E-state index contributed by atoms with van der Waals surface area (Å²) in [7, 11) is -4.94. The van der Waals surface area contributed by atoms with E-state index in [0.29, 0.717) is 16.7 Å². The first-order valence-corrected chi connectivity index (χ1v) is 16.2. The molecule has 2 N–H and O–H groups in total.